The molecular weight excluding hydrogens is 533 g/mol. The zero-order chi connectivity index (χ0) is 22.9. The molecule has 1 aliphatic carbocycles. The molecule has 33 heavy (non-hydrogen) atoms. The molecule has 0 radical (unpaired) electrons. The predicted molar refractivity (Wildman–Crippen MR) is 143 cm³/mol. The van der Waals surface area contributed by atoms with Crippen LogP contribution < -0.4 is 20.1 Å². The molecule has 2 fully saturated rings. The summed E-state index contributed by atoms with van der Waals surface area (Å²) in [5.74, 6) is 2.57. The van der Waals surface area contributed by atoms with Gasteiger partial charge in [0.05, 0.1) is 19.8 Å². The first-order valence-electron chi connectivity index (χ1n) is 11.8. The number of methoxy groups -OCH3 is 1. The summed E-state index contributed by atoms with van der Waals surface area (Å²) >= 11 is 0. The Hall–Kier alpha value is -1.75. The summed E-state index contributed by atoms with van der Waals surface area (Å²) in [6, 6.07) is 6.21. The molecule has 3 rings (SSSR count). The van der Waals surface area contributed by atoms with Crippen molar-refractivity contribution in [2.24, 2.45) is 4.99 Å². The number of hydrogen-bond acceptors (Lipinski definition) is 5. The lowest BCUT2D eigenvalue weighted by molar-refractivity contribution is -0.123. The van der Waals surface area contributed by atoms with E-state index in [0.717, 1.165) is 62.0 Å². The number of hydrogen-bond donors (Lipinski definition) is 2. The summed E-state index contributed by atoms with van der Waals surface area (Å²) in [6.45, 7) is 8.36. The largest absolute Gasteiger partial charge is 0.493 e. The van der Waals surface area contributed by atoms with Crippen LogP contribution in [0.2, 0.25) is 0 Å². The van der Waals surface area contributed by atoms with Gasteiger partial charge in [-0.05, 0) is 45.6 Å². The standard InChI is InChI=1S/C24H39N5O3.HI/c1-18(2)27-22(30)17-28-12-14-29(15-13-28)24(25-3)26-16-19-8-7-11-21(31-4)23(19)32-20-9-5-6-10-20;/h7-8,11,18,20H,5-6,9-10,12-17H2,1-4H3,(H,25,26)(H,27,30);1H. The molecular formula is C24H40IN5O3. The molecule has 1 aliphatic heterocycles. The van der Waals surface area contributed by atoms with Crippen LogP contribution in [0.15, 0.2) is 23.2 Å². The predicted octanol–water partition coefficient (Wildman–Crippen LogP) is 2.85. The average Bonchev–Trinajstić information content (AvgIpc) is 3.28. The van der Waals surface area contributed by atoms with Crippen LogP contribution in [0, 0.1) is 0 Å². The third-order valence-electron chi connectivity index (χ3n) is 6.00. The lowest BCUT2D eigenvalue weighted by atomic mass is 10.1. The van der Waals surface area contributed by atoms with E-state index < -0.39 is 0 Å². The fourth-order valence-electron chi connectivity index (χ4n) is 4.36. The van der Waals surface area contributed by atoms with Crippen molar-refractivity contribution in [1.82, 2.24) is 20.4 Å². The van der Waals surface area contributed by atoms with Gasteiger partial charge in [-0.1, -0.05) is 12.1 Å². The van der Waals surface area contributed by atoms with Crippen LogP contribution in [0.5, 0.6) is 11.5 Å². The van der Waals surface area contributed by atoms with Crippen molar-refractivity contribution in [2.45, 2.75) is 58.2 Å². The van der Waals surface area contributed by atoms with Gasteiger partial charge in [0.25, 0.3) is 0 Å². The minimum absolute atomic E-state index is 0. The molecule has 0 unspecified atom stereocenters. The minimum Gasteiger partial charge on any atom is -0.493 e. The Morgan fingerprint density at radius 1 is 1.18 bits per heavy atom. The number of piperazine rings is 1. The van der Waals surface area contributed by atoms with Crippen molar-refractivity contribution in [2.75, 3.05) is 46.9 Å². The first-order chi connectivity index (χ1) is 15.5. The Morgan fingerprint density at radius 3 is 2.48 bits per heavy atom. The molecule has 1 saturated carbocycles. The molecule has 0 atom stereocenters. The van der Waals surface area contributed by atoms with Crippen LogP contribution in [0.25, 0.3) is 0 Å². The van der Waals surface area contributed by atoms with Crippen LogP contribution in [0.3, 0.4) is 0 Å². The molecule has 9 heteroatoms. The third-order valence-corrected chi connectivity index (χ3v) is 6.00. The Bertz CT molecular complexity index is 775. The van der Waals surface area contributed by atoms with E-state index in [4.69, 9.17) is 9.47 Å². The fourth-order valence-corrected chi connectivity index (χ4v) is 4.36. The van der Waals surface area contributed by atoms with E-state index >= 15 is 0 Å². The summed E-state index contributed by atoms with van der Waals surface area (Å²) in [6.07, 6.45) is 4.93. The molecule has 0 bridgehead atoms. The molecule has 8 nitrogen and oxygen atoms in total. The fraction of sp³-hybridized carbons (Fsp3) is 0.667. The molecule has 1 aromatic carbocycles. The van der Waals surface area contributed by atoms with Gasteiger partial charge in [0.15, 0.2) is 17.5 Å². The number of amides is 1. The number of benzene rings is 1. The number of rotatable bonds is 8. The maximum absolute atomic E-state index is 12.0. The van der Waals surface area contributed by atoms with Crippen molar-refractivity contribution in [3.63, 3.8) is 0 Å². The molecule has 1 aromatic rings. The van der Waals surface area contributed by atoms with E-state index in [1.807, 2.05) is 33.0 Å². The minimum atomic E-state index is 0. The van der Waals surface area contributed by atoms with E-state index in [1.54, 1.807) is 7.11 Å². The van der Waals surface area contributed by atoms with Gasteiger partial charge in [0.2, 0.25) is 5.91 Å². The number of ether oxygens (including phenoxy) is 2. The highest BCUT2D eigenvalue weighted by Crippen LogP contribution is 2.34. The van der Waals surface area contributed by atoms with E-state index in [9.17, 15) is 4.79 Å². The monoisotopic (exact) mass is 573 g/mol. The average molecular weight is 574 g/mol. The summed E-state index contributed by atoms with van der Waals surface area (Å²) in [5.41, 5.74) is 1.07. The van der Waals surface area contributed by atoms with Gasteiger partial charge < -0.3 is 25.0 Å². The number of guanidine groups is 1. The van der Waals surface area contributed by atoms with Crippen LogP contribution in [0.4, 0.5) is 0 Å². The maximum Gasteiger partial charge on any atom is 0.234 e. The normalized spacial score (nSPS) is 17.6. The van der Waals surface area contributed by atoms with E-state index in [1.165, 1.54) is 12.8 Å². The number of nitrogens with zero attached hydrogens (tertiary/aromatic N) is 3. The zero-order valence-corrected chi connectivity index (χ0v) is 22.8. The van der Waals surface area contributed by atoms with Crippen LogP contribution in [0.1, 0.15) is 45.1 Å². The van der Waals surface area contributed by atoms with Crippen LogP contribution >= 0.6 is 24.0 Å². The van der Waals surface area contributed by atoms with E-state index in [0.29, 0.717) is 13.1 Å². The Kier molecular flexibility index (Phi) is 11.5. The summed E-state index contributed by atoms with van der Waals surface area (Å²) in [7, 11) is 3.50. The third kappa shape index (κ3) is 8.20. The van der Waals surface area contributed by atoms with Crippen molar-refractivity contribution in [1.29, 1.82) is 0 Å². The summed E-state index contributed by atoms with van der Waals surface area (Å²) in [4.78, 5) is 21.0. The van der Waals surface area contributed by atoms with Gasteiger partial charge in [-0.3, -0.25) is 14.7 Å². The molecule has 2 N–H and O–H groups in total. The Morgan fingerprint density at radius 2 is 1.88 bits per heavy atom. The van der Waals surface area contributed by atoms with Gasteiger partial charge in [-0.15, -0.1) is 24.0 Å². The van der Waals surface area contributed by atoms with E-state index in [2.05, 4.69) is 31.5 Å². The van der Waals surface area contributed by atoms with Crippen LogP contribution in [-0.4, -0.2) is 80.7 Å². The van der Waals surface area contributed by atoms with Crippen molar-refractivity contribution in [3.8, 4) is 11.5 Å². The summed E-state index contributed by atoms with van der Waals surface area (Å²) < 4.78 is 11.9. The second kappa shape index (κ2) is 13.8. The second-order valence-electron chi connectivity index (χ2n) is 8.86. The van der Waals surface area contributed by atoms with Gasteiger partial charge in [0, 0.05) is 51.4 Å². The number of nitrogens with one attached hydrogen (secondary N) is 2. The molecule has 186 valence electrons. The number of carbonyl (C=O) groups excluding carboxylic acids is 1. The quantitative estimate of drug-likeness (QED) is 0.283. The maximum atomic E-state index is 12.0. The smallest absolute Gasteiger partial charge is 0.234 e. The first-order valence-corrected chi connectivity index (χ1v) is 11.8. The first kappa shape index (κ1) is 27.5. The van der Waals surface area contributed by atoms with Gasteiger partial charge in [-0.25, -0.2) is 0 Å². The SMILES string of the molecule is CN=C(NCc1cccc(OC)c1OC1CCCC1)N1CCN(CC(=O)NC(C)C)CC1.I. The molecule has 1 saturated heterocycles. The van der Waals surface area contributed by atoms with Gasteiger partial charge in [0.1, 0.15) is 0 Å². The van der Waals surface area contributed by atoms with Crippen LogP contribution in [-0.2, 0) is 11.3 Å². The van der Waals surface area contributed by atoms with E-state index in [-0.39, 0.29) is 42.0 Å². The molecule has 1 amide bonds. The number of carbonyl (C=O) groups is 1. The Balaban J connectivity index is 0.00000385. The lowest BCUT2D eigenvalue weighted by Gasteiger charge is -2.36. The van der Waals surface area contributed by atoms with Gasteiger partial charge >= 0.3 is 0 Å². The Labute approximate surface area is 215 Å². The second-order valence-corrected chi connectivity index (χ2v) is 8.86. The van der Waals surface area contributed by atoms with Crippen molar-refractivity contribution >= 4 is 35.8 Å². The van der Waals surface area contributed by atoms with Crippen molar-refractivity contribution < 1.29 is 14.3 Å². The lowest BCUT2D eigenvalue weighted by Crippen LogP contribution is -2.54. The number of para-hydroxylation sites is 1. The summed E-state index contributed by atoms with van der Waals surface area (Å²) in [5, 5.41) is 6.46. The molecule has 2 aliphatic rings. The molecule has 0 aromatic heterocycles. The molecule has 1 heterocycles. The van der Waals surface area contributed by atoms with Gasteiger partial charge in [-0.2, -0.15) is 0 Å². The highest BCUT2D eigenvalue weighted by Gasteiger charge is 2.23. The molecule has 0 spiro atoms. The number of aliphatic imine (C=N–C) groups is 1. The highest BCUT2D eigenvalue weighted by atomic mass is 127. The zero-order valence-electron chi connectivity index (χ0n) is 20.4. The van der Waals surface area contributed by atoms with Crippen molar-refractivity contribution in [3.05, 3.63) is 23.8 Å². The highest BCUT2D eigenvalue weighted by molar-refractivity contribution is 14.0. The number of halogens is 1. The topological polar surface area (TPSA) is 78.4 Å².